The first-order chi connectivity index (χ1) is 35.2. The second kappa shape index (κ2) is 35.8. The number of aliphatic imine (C=N–C) groups is 2. The van der Waals surface area contributed by atoms with Crippen LogP contribution < -0.4 is 11.1 Å². The number of amidine groups is 1. The SMILES string of the molecule is C=CC/C=C\C.C=CCCNC(/C=C/C)=NC.C=CCc1ccc(C/C=C(/C)N=C)cc1.Cc1nc(-c2cccc(-c3ccccc3)n2)nc(-c2cccc(-c3ccccc3)n2)n1.NCC1=CCC=CC=C1. The van der Waals surface area contributed by atoms with Gasteiger partial charge in [-0.3, -0.25) is 9.98 Å². The van der Waals surface area contributed by atoms with E-state index in [4.69, 9.17) is 20.7 Å². The van der Waals surface area contributed by atoms with Crippen molar-refractivity contribution >= 4 is 12.6 Å². The summed E-state index contributed by atoms with van der Waals surface area (Å²) >= 11 is 0. The Hall–Kier alpha value is -8.27. The van der Waals surface area contributed by atoms with Gasteiger partial charge in [-0.15, -0.1) is 19.7 Å². The van der Waals surface area contributed by atoms with E-state index in [0.29, 0.717) is 35.4 Å². The molecule has 72 heavy (non-hydrogen) atoms. The molecule has 0 saturated carbocycles. The van der Waals surface area contributed by atoms with Gasteiger partial charge in [0.1, 0.15) is 23.0 Å². The van der Waals surface area contributed by atoms with Gasteiger partial charge in [-0.1, -0.05) is 170 Å². The van der Waals surface area contributed by atoms with Crippen LogP contribution in [0.1, 0.15) is 57.0 Å². The Balaban J connectivity index is 0.000000277. The lowest BCUT2D eigenvalue weighted by atomic mass is 10.1. The molecule has 6 aromatic rings. The normalized spacial score (nSPS) is 11.7. The summed E-state index contributed by atoms with van der Waals surface area (Å²) in [6.45, 7) is 23.7. The van der Waals surface area contributed by atoms with Gasteiger partial charge in [0.15, 0.2) is 11.6 Å². The highest BCUT2D eigenvalue weighted by Gasteiger charge is 2.13. The van der Waals surface area contributed by atoms with E-state index in [1.807, 2.05) is 179 Å². The van der Waals surface area contributed by atoms with Crippen molar-refractivity contribution in [1.29, 1.82) is 0 Å². The van der Waals surface area contributed by atoms with E-state index < -0.39 is 0 Å². The molecule has 0 amide bonds. The Kier molecular flexibility index (Phi) is 28.8. The minimum atomic E-state index is 0.534. The van der Waals surface area contributed by atoms with Crippen molar-refractivity contribution in [2.75, 3.05) is 20.1 Å². The maximum absolute atomic E-state index is 5.43. The second-order valence-corrected chi connectivity index (χ2v) is 15.8. The monoisotopic (exact) mass is 956 g/mol. The van der Waals surface area contributed by atoms with Crippen molar-refractivity contribution in [3.05, 3.63) is 248 Å². The smallest absolute Gasteiger partial charge is 0.182 e. The van der Waals surface area contributed by atoms with Crippen molar-refractivity contribution in [2.45, 2.75) is 59.8 Å². The van der Waals surface area contributed by atoms with Crippen molar-refractivity contribution in [3.8, 4) is 45.6 Å². The zero-order valence-electron chi connectivity index (χ0n) is 43.0. The zero-order valence-corrected chi connectivity index (χ0v) is 43.0. The number of hydrogen-bond donors (Lipinski definition) is 2. The van der Waals surface area contributed by atoms with Gasteiger partial charge in [-0.2, -0.15) is 0 Å². The van der Waals surface area contributed by atoms with Crippen LogP contribution in [0.15, 0.2) is 241 Å². The zero-order chi connectivity index (χ0) is 52.0. The summed E-state index contributed by atoms with van der Waals surface area (Å²) in [6.07, 6.45) is 30.9. The van der Waals surface area contributed by atoms with Gasteiger partial charge in [0.2, 0.25) is 0 Å². The lowest BCUT2D eigenvalue weighted by molar-refractivity contribution is 0.891. The Morgan fingerprint density at radius 2 is 1.24 bits per heavy atom. The molecule has 0 saturated heterocycles. The van der Waals surface area contributed by atoms with Crippen molar-refractivity contribution in [3.63, 3.8) is 0 Å². The third-order valence-corrected chi connectivity index (χ3v) is 10.2. The lowest BCUT2D eigenvalue weighted by Gasteiger charge is -2.08. The van der Waals surface area contributed by atoms with Gasteiger partial charge in [0, 0.05) is 37.0 Å². The Morgan fingerprint density at radius 3 is 1.71 bits per heavy atom. The quantitative estimate of drug-likeness (QED) is 0.0428. The molecule has 3 aromatic carbocycles. The van der Waals surface area contributed by atoms with Gasteiger partial charge >= 0.3 is 0 Å². The summed E-state index contributed by atoms with van der Waals surface area (Å²) in [5.41, 5.74) is 15.5. The van der Waals surface area contributed by atoms with Crippen molar-refractivity contribution < 1.29 is 0 Å². The molecule has 1 aliphatic carbocycles. The number of nitrogens with two attached hydrogens (primary N) is 1. The first kappa shape index (κ1) is 58.0. The summed E-state index contributed by atoms with van der Waals surface area (Å²) in [6, 6.07) is 40.4. The summed E-state index contributed by atoms with van der Waals surface area (Å²) < 4.78 is 0. The van der Waals surface area contributed by atoms with Crippen LogP contribution in [-0.2, 0) is 12.8 Å². The number of aromatic nitrogens is 5. The number of nitrogens with zero attached hydrogens (tertiary/aromatic N) is 7. The molecule has 3 N–H and O–H groups in total. The fraction of sp³-hybridized carbons (Fsp3) is 0.190. The van der Waals surface area contributed by atoms with Crippen LogP contribution in [0.3, 0.4) is 0 Å². The molecule has 9 nitrogen and oxygen atoms in total. The maximum atomic E-state index is 5.43. The fourth-order valence-corrected chi connectivity index (χ4v) is 6.36. The largest absolute Gasteiger partial charge is 0.370 e. The van der Waals surface area contributed by atoms with Crippen molar-refractivity contribution in [1.82, 2.24) is 30.2 Å². The number of allylic oxidation sites excluding steroid dienone is 11. The Labute approximate surface area is 430 Å². The average molecular weight is 956 g/mol. The summed E-state index contributed by atoms with van der Waals surface area (Å²) in [5.74, 6) is 2.62. The fourth-order valence-electron chi connectivity index (χ4n) is 6.36. The minimum Gasteiger partial charge on any atom is -0.370 e. The molecule has 0 spiro atoms. The molecule has 3 aromatic heterocycles. The third-order valence-electron chi connectivity index (χ3n) is 10.2. The molecular formula is C63H73N9. The molecule has 3 heterocycles. The highest BCUT2D eigenvalue weighted by Crippen LogP contribution is 2.24. The van der Waals surface area contributed by atoms with Gasteiger partial charge < -0.3 is 11.1 Å². The van der Waals surface area contributed by atoms with Gasteiger partial charge in [0.25, 0.3) is 0 Å². The number of rotatable bonds is 16. The second-order valence-electron chi connectivity index (χ2n) is 15.8. The van der Waals surface area contributed by atoms with Crippen LogP contribution in [0.4, 0.5) is 0 Å². The highest BCUT2D eigenvalue weighted by atomic mass is 15.1. The lowest BCUT2D eigenvalue weighted by Crippen LogP contribution is -2.21. The Bertz CT molecular complexity index is 2660. The molecule has 0 unspecified atom stereocenters. The van der Waals surface area contributed by atoms with Crippen LogP contribution >= 0.6 is 0 Å². The summed E-state index contributed by atoms with van der Waals surface area (Å²) in [5, 5.41) is 3.16. The van der Waals surface area contributed by atoms with E-state index in [9.17, 15) is 0 Å². The van der Waals surface area contributed by atoms with Gasteiger partial charge in [-0.25, -0.2) is 24.9 Å². The van der Waals surface area contributed by atoms with Gasteiger partial charge in [0.05, 0.1) is 11.4 Å². The molecule has 0 atom stereocenters. The maximum Gasteiger partial charge on any atom is 0.182 e. The molecule has 0 bridgehead atoms. The van der Waals surface area contributed by atoms with Crippen LogP contribution in [-0.4, -0.2) is 57.6 Å². The third kappa shape index (κ3) is 22.9. The molecule has 0 radical (unpaired) electrons. The Morgan fingerprint density at radius 1 is 0.667 bits per heavy atom. The number of aryl methyl sites for hydroxylation is 1. The van der Waals surface area contributed by atoms with Crippen LogP contribution in [0.5, 0.6) is 0 Å². The van der Waals surface area contributed by atoms with Crippen LogP contribution in [0.2, 0.25) is 0 Å². The molecule has 1 aliphatic rings. The summed E-state index contributed by atoms with van der Waals surface area (Å²) in [4.78, 5) is 31.2. The standard InChI is InChI=1S/C26H19N5.C14H17N.C9H16N2.C8H11N.C6H10/c1-18-27-25(23-16-8-14-21(29-23)19-10-4-2-5-11-19)31-26(28-18)24-17-9-15-22(30-24)20-12-6-3-7-13-20;1-4-5-13-8-10-14(11-9-13)7-6-12(2)15-3;1-4-6-8-11-9(10-3)7-5-2;9-7-8-5-3-1-2-4-6-8;1-3-5-6-4-2/h2-17H,1H3;4,6,8-11H,1,3,5,7H2,2H3;4-5,7H,1,6,8H2,2-3H3,(H,10,11);1-3,5-6H,4,7,9H2;3-4,6H,1,5H2,2H3/b;12-6-;7-5+;;6-4-. The first-order valence-electron chi connectivity index (χ1n) is 24.2. The highest BCUT2D eigenvalue weighted by molar-refractivity contribution is 5.92. The van der Waals surface area contributed by atoms with Gasteiger partial charge in [-0.05, 0) is 114 Å². The number of nitrogens with one attached hydrogen (secondary N) is 1. The van der Waals surface area contributed by atoms with E-state index in [2.05, 4.69) is 100 Å². The van der Waals surface area contributed by atoms with E-state index in [1.165, 1.54) is 16.7 Å². The van der Waals surface area contributed by atoms with Crippen molar-refractivity contribution in [2.24, 2.45) is 15.7 Å². The minimum absolute atomic E-state index is 0.534. The van der Waals surface area contributed by atoms with Crippen LogP contribution in [0, 0.1) is 6.92 Å². The van der Waals surface area contributed by atoms with Crippen LogP contribution in [0.25, 0.3) is 45.6 Å². The van der Waals surface area contributed by atoms with E-state index in [0.717, 1.165) is 72.7 Å². The molecule has 370 valence electrons. The predicted octanol–water partition coefficient (Wildman–Crippen LogP) is 14.5. The van der Waals surface area contributed by atoms with E-state index in [1.54, 1.807) is 7.05 Å². The predicted molar refractivity (Wildman–Crippen MR) is 310 cm³/mol. The topological polar surface area (TPSA) is 127 Å². The number of pyridine rings is 2. The molecule has 0 fully saturated rings. The van der Waals surface area contributed by atoms with E-state index >= 15 is 0 Å². The average Bonchev–Trinajstić information content (AvgIpc) is 3.73. The molecule has 9 heteroatoms. The van der Waals surface area contributed by atoms with E-state index in [-0.39, 0.29) is 0 Å². The summed E-state index contributed by atoms with van der Waals surface area (Å²) in [7, 11) is 1.77. The molecule has 0 aliphatic heterocycles. The first-order valence-corrected chi connectivity index (χ1v) is 24.2. The number of benzene rings is 3. The number of hydrogen-bond acceptors (Lipinski definition) is 8. The molecular weight excluding hydrogens is 883 g/mol. The molecule has 7 rings (SSSR count).